The Bertz CT molecular complexity index is 761. The Kier molecular flexibility index (Phi) is 3.66. The van der Waals surface area contributed by atoms with E-state index in [0.717, 1.165) is 33.9 Å². The van der Waals surface area contributed by atoms with Crippen LogP contribution in [0, 0.1) is 0 Å². The molecule has 4 nitrogen and oxygen atoms in total. The lowest BCUT2D eigenvalue weighted by molar-refractivity contribution is 0.415. The van der Waals surface area contributed by atoms with Crippen molar-refractivity contribution in [2.45, 2.75) is 13.3 Å². The smallest absolute Gasteiger partial charge is 0.187 e. The second-order valence-electron chi connectivity index (χ2n) is 4.63. The zero-order valence-corrected chi connectivity index (χ0v) is 12.7. The van der Waals surface area contributed by atoms with Crippen molar-refractivity contribution in [3.05, 3.63) is 41.3 Å². The summed E-state index contributed by atoms with van der Waals surface area (Å²) in [4.78, 5) is 1.08. The highest BCUT2D eigenvalue weighted by molar-refractivity contribution is 7.13. The summed E-state index contributed by atoms with van der Waals surface area (Å²) in [5.74, 6) is 1.90. The average Bonchev–Trinajstić information content (AvgIpc) is 3.13. The van der Waals surface area contributed by atoms with Crippen molar-refractivity contribution in [3.8, 4) is 27.5 Å². The number of methoxy groups -OCH3 is 1. The Hall–Kier alpha value is -2.27. The number of thiophene rings is 1. The van der Waals surface area contributed by atoms with E-state index in [4.69, 9.17) is 15.0 Å². The fourth-order valence-corrected chi connectivity index (χ4v) is 3.31. The molecule has 0 aliphatic carbocycles. The number of hydrogen-bond donors (Lipinski definition) is 1. The van der Waals surface area contributed by atoms with Crippen LogP contribution < -0.4 is 10.5 Å². The van der Waals surface area contributed by atoms with E-state index in [1.54, 1.807) is 18.4 Å². The Labute approximate surface area is 127 Å². The van der Waals surface area contributed by atoms with Gasteiger partial charge in [0.2, 0.25) is 0 Å². The van der Waals surface area contributed by atoms with Gasteiger partial charge in [0.05, 0.1) is 17.6 Å². The number of nitrogen functional groups attached to an aromatic ring is 1. The van der Waals surface area contributed by atoms with E-state index in [1.165, 1.54) is 5.56 Å². The second-order valence-corrected chi connectivity index (χ2v) is 5.55. The summed E-state index contributed by atoms with van der Waals surface area (Å²) in [6, 6.07) is 9.85. The monoisotopic (exact) mass is 300 g/mol. The average molecular weight is 300 g/mol. The van der Waals surface area contributed by atoms with Gasteiger partial charge >= 0.3 is 0 Å². The molecular formula is C16H16N2O2S. The third kappa shape index (κ3) is 2.40. The molecule has 0 fully saturated rings. The molecule has 0 radical (unpaired) electrons. The van der Waals surface area contributed by atoms with Crippen LogP contribution in [-0.2, 0) is 6.42 Å². The molecule has 3 aromatic rings. The van der Waals surface area contributed by atoms with Gasteiger partial charge in [-0.25, -0.2) is 0 Å². The van der Waals surface area contributed by atoms with Gasteiger partial charge in [-0.2, -0.15) is 0 Å². The number of rotatable bonds is 4. The summed E-state index contributed by atoms with van der Waals surface area (Å²) in [7, 11) is 1.64. The number of ether oxygens (including phenoxy) is 1. The molecule has 2 aromatic heterocycles. The van der Waals surface area contributed by atoms with Gasteiger partial charge in [-0.05, 0) is 41.1 Å². The summed E-state index contributed by atoms with van der Waals surface area (Å²) in [6.45, 7) is 2.12. The standard InChI is InChI=1S/C16H16N2O2S/c1-3-10-7-8-21-15(10)14-13(16(17)18-20-14)11-5-4-6-12(9-11)19-2/h4-9H,3H2,1-2H3,(H2,17,18). The second kappa shape index (κ2) is 5.61. The number of anilines is 1. The lowest BCUT2D eigenvalue weighted by atomic mass is 10.0. The molecule has 0 saturated heterocycles. The molecule has 0 spiro atoms. The quantitative estimate of drug-likeness (QED) is 0.783. The molecule has 0 saturated carbocycles. The predicted octanol–water partition coefficient (Wildman–Crippen LogP) is 4.22. The molecule has 108 valence electrons. The number of aryl methyl sites for hydroxylation is 1. The van der Waals surface area contributed by atoms with Crippen LogP contribution in [-0.4, -0.2) is 12.3 Å². The Morgan fingerprint density at radius 2 is 2.19 bits per heavy atom. The van der Waals surface area contributed by atoms with Gasteiger partial charge in [0.1, 0.15) is 5.75 Å². The molecule has 2 N–H and O–H groups in total. The van der Waals surface area contributed by atoms with E-state index in [-0.39, 0.29) is 0 Å². The first kappa shape index (κ1) is 13.7. The van der Waals surface area contributed by atoms with E-state index in [9.17, 15) is 0 Å². The van der Waals surface area contributed by atoms with Crippen molar-refractivity contribution in [1.29, 1.82) is 0 Å². The summed E-state index contributed by atoms with van der Waals surface area (Å²) >= 11 is 1.64. The maximum atomic E-state index is 6.02. The molecule has 0 aliphatic rings. The molecule has 0 atom stereocenters. The largest absolute Gasteiger partial charge is 0.497 e. The molecule has 0 unspecified atom stereocenters. The molecule has 1 aromatic carbocycles. The van der Waals surface area contributed by atoms with Crippen LogP contribution in [0.15, 0.2) is 40.2 Å². The summed E-state index contributed by atoms with van der Waals surface area (Å²) in [5.41, 5.74) is 9.03. The van der Waals surface area contributed by atoms with Gasteiger partial charge in [0.15, 0.2) is 11.6 Å². The van der Waals surface area contributed by atoms with Crippen LogP contribution in [0.25, 0.3) is 21.8 Å². The number of hydrogen-bond acceptors (Lipinski definition) is 5. The van der Waals surface area contributed by atoms with Gasteiger partial charge in [-0.15, -0.1) is 11.3 Å². The minimum absolute atomic E-state index is 0.397. The van der Waals surface area contributed by atoms with Crippen LogP contribution in [0.5, 0.6) is 5.75 Å². The van der Waals surface area contributed by atoms with Crippen molar-refractivity contribution in [3.63, 3.8) is 0 Å². The van der Waals surface area contributed by atoms with Crippen LogP contribution in [0.2, 0.25) is 0 Å². The predicted molar refractivity (Wildman–Crippen MR) is 85.6 cm³/mol. The molecule has 5 heteroatoms. The highest BCUT2D eigenvalue weighted by Crippen LogP contribution is 2.41. The lowest BCUT2D eigenvalue weighted by Gasteiger charge is -2.05. The zero-order valence-electron chi connectivity index (χ0n) is 11.9. The number of nitrogens with zero attached hydrogens (tertiary/aromatic N) is 1. The van der Waals surface area contributed by atoms with E-state index < -0.39 is 0 Å². The van der Waals surface area contributed by atoms with Gasteiger partial charge in [0, 0.05) is 0 Å². The van der Waals surface area contributed by atoms with Crippen molar-refractivity contribution < 1.29 is 9.26 Å². The van der Waals surface area contributed by atoms with Crippen LogP contribution in [0.1, 0.15) is 12.5 Å². The molecule has 21 heavy (non-hydrogen) atoms. The molecule has 0 amide bonds. The summed E-state index contributed by atoms with van der Waals surface area (Å²) < 4.78 is 10.8. The third-order valence-electron chi connectivity index (χ3n) is 3.41. The molecule has 0 aliphatic heterocycles. The molecule has 3 rings (SSSR count). The highest BCUT2D eigenvalue weighted by Gasteiger charge is 2.20. The number of nitrogens with two attached hydrogens (primary N) is 1. The van der Waals surface area contributed by atoms with E-state index in [2.05, 4.69) is 23.5 Å². The number of aromatic nitrogens is 1. The van der Waals surface area contributed by atoms with Gasteiger partial charge in [0.25, 0.3) is 0 Å². The Balaban J connectivity index is 2.17. The zero-order chi connectivity index (χ0) is 14.8. The normalized spacial score (nSPS) is 10.8. The van der Waals surface area contributed by atoms with E-state index in [0.29, 0.717) is 5.82 Å². The first-order chi connectivity index (χ1) is 10.2. The topological polar surface area (TPSA) is 61.3 Å². The fourth-order valence-electron chi connectivity index (χ4n) is 2.33. The Morgan fingerprint density at radius 3 is 2.95 bits per heavy atom. The number of benzene rings is 1. The minimum atomic E-state index is 0.397. The lowest BCUT2D eigenvalue weighted by Crippen LogP contribution is -1.90. The van der Waals surface area contributed by atoms with Gasteiger partial charge < -0.3 is 15.0 Å². The van der Waals surface area contributed by atoms with Gasteiger partial charge in [-0.3, -0.25) is 0 Å². The van der Waals surface area contributed by atoms with Crippen LogP contribution in [0.4, 0.5) is 5.82 Å². The Morgan fingerprint density at radius 1 is 1.33 bits per heavy atom. The molecular weight excluding hydrogens is 284 g/mol. The van der Waals surface area contributed by atoms with E-state index >= 15 is 0 Å². The maximum absolute atomic E-state index is 6.02. The fraction of sp³-hybridized carbons (Fsp3) is 0.188. The van der Waals surface area contributed by atoms with Crippen molar-refractivity contribution >= 4 is 17.2 Å². The summed E-state index contributed by atoms with van der Waals surface area (Å²) in [5, 5.41) is 6.01. The van der Waals surface area contributed by atoms with Crippen molar-refractivity contribution in [2.24, 2.45) is 0 Å². The van der Waals surface area contributed by atoms with E-state index in [1.807, 2.05) is 24.3 Å². The maximum Gasteiger partial charge on any atom is 0.187 e. The summed E-state index contributed by atoms with van der Waals surface area (Å²) in [6.07, 6.45) is 0.941. The van der Waals surface area contributed by atoms with Crippen LogP contribution in [0.3, 0.4) is 0 Å². The van der Waals surface area contributed by atoms with Crippen molar-refractivity contribution in [1.82, 2.24) is 5.16 Å². The highest BCUT2D eigenvalue weighted by atomic mass is 32.1. The third-order valence-corrected chi connectivity index (χ3v) is 4.37. The minimum Gasteiger partial charge on any atom is -0.497 e. The SMILES string of the molecule is CCc1ccsc1-c1onc(N)c1-c1cccc(OC)c1. The molecule has 0 bridgehead atoms. The van der Waals surface area contributed by atoms with Crippen LogP contribution >= 0.6 is 11.3 Å². The molecule has 2 heterocycles. The van der Waals surface area contributed by atoms with Crippen molar-refractivity contribution in [2.75, 3.05) is 12.8 Å². The first-order valence-electron chi connectivity index (χ1n) is 6.71. The van der Waals surface area contributed by atoms with Gasteiger partial charge in [-0.1, -0.05) is 24.2 Å². The first-order valence-corrected chi connectivity index (χ1v) is 7.58.